The van der Waals surface area contributed by atoms with E-state index in [0.717, 1.165) is 36.3 Å². The summed E-state index contributed by atoms with van der Waals surface area (Å²) in [6.07, 6.45) is 2.10. The normalized spacial score (nSPS) is 13.9. The van der Waals surface area contributed by atoms with Gasteiger partial charge in [-0.15, -0.1) is 0 Å². The fourth-order valence-corrected chi connectivity index (χ4v) is 3.02. The lowest BCUT2D eigenvalue weighted by Crippen LogP contribution is -2.26. The molecule has 0 aromatic heterocycles. The number of rotatable bonds is 2. The van der Waals surface area contributed by atoms with Crippen molar-refractivity contribution in [2.24, 2.45) is 0 Å². The third-order valence-corrected chi connectivity index (χ3v) is 4.03. The molecule has 21 heavy (non-hydrogen) atoms. The van der Waals surface area contributed by atoms with Crippen molar-refractivity contribution in [2.45, 2.75) is 26.7 Å². The van der Waals surface area contributed by atoms with Crippen LogP contribution in [0.4, 0.5) is 11.4 Å². The third-order valence-electron chi connectivity index (χ3n) is 4.03. The van der Waals surface area contributed by atoms with Gasteiger partial charge in [-0.3, -0.25) is 0 Å². The average molecular weight is 281 g/mol. The molecule has 0 amide bonds. The van der Waals surface area contributed by atoms with Gasteiger partial charge in [0.15, 0.2) is 0 Å². The molecule has 0 saturated carbocycles. The summed E-state index contributed by atoms with van der Waals surface area (Å²) in [6, 6.07) is 11.9. The first kappa shape index (κ1) is 13.7. The second-order valence-electron chi connectivity index (χ2n) is 5.71. The van der Waals surface area contributed by atoms with Crippen LogP contribution < -0.4 is 4.90 Å². The van der Waals surface area contributed by atoms with E-state index in [2.05, 4.69) is 30.0 Å². The van der Waals surface area contributed by atoms with E-state index >= 15 is 0 Å². The number of aromatic carboxylic acids is 1. The molecule has 0 fully saturated rings. The third kappa shape index (κ3) is 2.51. The Bertz CT molecular complexity index is 706. The molecule has 2 aromatic carbocycles. The van der Waals surface area contributed by atoms with Gasteiger partial charge in [-0.2, -0.15) is 0 Å². The number of carboxylic acid groups (broad SMARTS) is 1. The van der Waals surface area contributed by atoms with Crippen LogP contribution in [0.15, 0.2) is 36.4 Å². The number of nitrogens with zero attached hydrogens (tertiary/aromatic N) is 1. The Labute approximate surface area is 124 Å². The van der Waals surface area contributed by atoms with Crippen molar-refractivity contribution in [3.8, 4) is 0 Å². The summed E-state index contributed by atoms with van der Waals surface area (Å²) in [5, 5.41) is 9.45. The highest BCUT2D eigenvalue weighted by Crippen LogP contribution is 2.36. The quantitative estimate of drug-likeness (QED) is 0.901. The Morgan fingerprint density at radius 1 is 1.05 bits per heavy atom. The molecule has 1 aliphatic heterocycles. The Morgan fingerprint density at radius 3 is 2.52 bits per heavy atom. The van der Waals surface area contributed by atoms with Gasteiger partial charge >= 0.3 is 5.97 Å². The number of hydrogen-bond acceptors (Lipinski definition) is 2. The summed E-state index contributed by atoms with van der Waals surface area (Å²) in [5.41, 5.74) is 5.94. The minimum absolute atomic E-state index is 0.369. The van der Waals surface area contributed by atoms with E-state index < -0.39 is 5.97 Å². The first-order valence-electron chi connectivity index (χ1n) is 7.27. The zero-order valence-corrected chi connectivity index (χ0v) is 12.4. The van der Waals surface area contributed by atoms with Crippen molar-refractivity contribution in [3.63, 3.8) is 0 Å². The van der Waals surface area contributed by atoms with Gasteiger partial charge in [0.05, 0.1) is 11.3 Å². The Kier molecular flexibility index (Phi) is 3.42. The lowest BCUT2D eigenvalue weighted by atomic mass is 9.97. The monoisotopic (exact) mass is 281 g/mol. The topological polar surface area (TPSA) is 40.5 Å². The fraction of sp³-hybridized carbons (Fsp3) is 0.278. The number of carboxylic acids is 1. The standard InChI is InChI=1S/C18H19NO2/c1-12-6-8-16-14(10-12)4-3-9-19(16)17-11-13(2)5-7-15(17)18(20)21/h5-8,10-11H,3-4,9H2,1-2H3,(H,20,21). The van der Waals surface area contributed by atoms with Crippen LogP contribution in [0.5, 0.6) is 0 Å². The SMILES string of the molecule is Cc1ccc2c(c1)CCCN2c1cc(C)ccc1C(=O)O. The van der Waals surface area contributed by atoms with Gasteiger partial charge in [0.2, 0.25) is 0 Å². The molecule has 2 aromatic rings. The van der Waals surface area contributed by atoms with Crippen LogP contribution >= 0.6 is 0 Å². The van der Waals surface area contributed by atoms with Gasteiger partial charge in [0.1, 0.15) is 0 Å². The lowest BCUT2D eigenvalue weighted by molar-refractivity contribution is 0.0697. The highest BCUT2D eigenvalue weighted by atomic mass is 16.4. The summed E-state index contributed by atoms with van der Waals surface area (Å²) >= 11 is 0. The number of aryl methyl sites for hydroxylation is 3. The largest absolute Gasteiger partial charge is 0.478 e. The maximum atomic E-state index is 11.5. The molecule has 0 spiro atoms. The van der Waals surface area contributed by atoms with Crippen molar-refractivity contribution >= 4 is 17.3 Å². The van der Waals surface area contributed by atoms with E-state index in [4.69, 9.17) is 0 Å². The Hall–Kier alpha value is -2.29. The number of fused-ring (bicyclic) bond motifs is 1. The van der Waals surface area contributed by atoms with Crippen LogP contribution in [0.3, 0.4) is 0 Å². The van der Waals surface area contributed by atoms with Crippen LogP contribution in [-0.4, -0.2) is 17.6 Å². The molecule has 0 aliphatic carbocycles. The van der Waals surface area contributed by atoms with Crippen LogP contribution in [0.2, 0.25) is 0 Å². The smallest absolute Gasteiger partial charge is 0.337 e. The summed E-state index contributed by atoms with van der Waals surface area (Å²) in [6.45, 7) is 4.95. The molecule has 3 heteroatoms. The van der Waals surface area contributed by atoms with E-state index in [0.29, 0.717) is 5.56 Å². The number of benzene rings is 2. The van der Waals surface area contributed by atoms with E-state index in [9.17, 15) is 9.90 Å². The summed E-state index contributed by atoms with van der Waals surface area (Å²) in [4.78, 5) is 13.7. The van der Waals surface area contributed by atoms with Gasteiger partial charge in [0, 0.05) is 12.2 Å². The summed E-state index contributed by atoms with van der Waals surface area (Å²) in [5.74, 6) is -0.871. The maximum absolute atomic E-state index is 11.5. The molecular formula is C18H19NO2. The zero-order chi connectivity index (χ0) is 15.0. The molecule has 0 radical (unpaired) electrons. The van der Waals surface area contributed by atoms with Gasteiger partial charge < -0.3 is 10.0 Å². The van der Waals surface area contributed by atoms with Gasteiger partial charge in [0.25, 0.3) is 0 Å². The van der Waals surface area contributed by atoms with E-state index in [1.165, 1.54) is 11.1 Å². The van der Waals surface area contributed by atoms with Crippen molar-refractivity contribution in [1.29, 1.82) is 0 Å². The molecule has 0 bridgehead atoms. The number of anilines is 2. The van der Waals surface area contributed by atoms with Crippen molar-refractivity contribution < 1.29 is 9.90 Å². The van der Waals surface area contributed by atoms with E-state index in [1.807, 2.05) is 19.1 Å². The fourth-order valence-electron chi connectivity index (χ4n) is 3.02. The molecule has 0 unspecified atom stereocenters. The number of carbonyl (C=O) groups is 1. The van der Waals surface area contributed by atoms with Crippen molar-refractivity contribution in [2.75, 3.05) is 11.4 Å². The van der Waals surface area contributed by atoms with E-state index in [-0.39, 0.29) is 0 Å². The summed E-state index contributed by atoms with van der Waals surface area (Å²) < 4.78 is 0. The molecule has 108 valence electrons. The lowest BCUT2D eigenvalue weighted by Gasteiger charge is -2.32. The highest BCUT2D eigenvalue weighted by Gasteiger charge is 2.22. The molecule has 3 rings (SSSR count). The summed E-state index contributed by atoms with van der Waals surface area (Å²) in [7, 11) is 0. The minimum atomic E-state index is -0.871. The second-order valence-corrected chi connectivity index (χ2v) is 5.71. The van der Waals surface area contributed by atoms with Crippen molar-refractivity contribution in [1.82, 2.24) is 0 Å². The molecule has 0 saturated heterocycles. The molecule has 1 aliphatic rings. The van der Waals surface area contributed by atoms with Crippen molar-refractivity contribution in [3.05, 3.63) is 58.7 Å². The molecule has 1 N–H and O–H groups in total. The van der Waals surface area contributed by atoms with E-state index in [1.54, 1.807) is 6.07 Å². The number of hydrogen-bond donors (Lipinski definition) is 1. The second kappa shape index (κ2) is 5.24. The van der Waals surface area contributed by atoms with Crippen LogP contribution in [0.25, 0.3) is 0 Å². The predicted molar refractivity (Wildman–Crippen MR) is 84.6 cm³/mol. The van der Waals surface area contributed by atoms with Gasteiger partial charge in [-0.25, -0.2) is 4.79 Å². The Balaban J connectivity index is 2.15. The van der Waals surface area contributed by atoms with Gasteiger partial charge in [-0.1, -0.05) is 23.8 Å². The van der Waals surface area contributed by atoms with Crippen LogP contribution in [0, 0.1) is 13.8 Å². The first-order chi connectivity index (χ1) is 10.1. The minimum Gasteiger partial charge on any atom is -0.478 e. The highest BCUT2D eigenvalue weighted by molar-refractivity contribution is 5.96. The zero-order valence-electron chi connectivity index (χ0n) is 12.4. The first-order valence-corrected chi connectivity index (χ1v) is 7.27. The molecule has 1 heterocycles. The molecule has 3 nitrogen and oxygen atoms in total. The van der Waals surface area contributed by atoms with Crippen LogP contribution in [-0.2, 0) is 6.42 Å². The Morgan fingerprint density at radius 2 is 1.76 bits per heavy atom. The molecular weight excluding hydrogens is 262 g/mol. The molecule has 0 atom stereocenters. The predicted octanol–water partition coefficient (Wildman–Crippen LogP) is 4.09. The van der Waals surface area contributed by atoms with Gasteiger partial charge in [-0.05, 0) is 56.0 Å². The maximum Gasteiger partial charge on any atom is 0.337 e. The van der Waals surface area contributed by atoms with Crippen LogP contribution in [0.1, 0.15) is 33.5 Å². The average Bonchev–Trinajstić information content (AvgIpc) is 2.45.